The van der Waals surface area contributed by atoms with E-state index < -0.39 is 6.04 Å². The maximum Gasteiger partial charge on any atom is 0.241 e. The Morgan fingerprint density at radius 2 is 1.87 bits per heavy atom. The van der Waals surface area contributed by atoms with E-state index in [4.69, 9.17) is 5.73 Å². The number of hydrogen-bond donors (Lipinski definition) is 2. The highest BCUT2D eigenvalue weighted by Gasteiger charge is 2.11. The number of carbonyl (C=O) groups excluding carboxylic acids is 1. The summed E-state index contributed by atoms with van der Waals surface area (Å²) in [6.07, 6.45) is 0. The number of benzene rings is 1. The molecule has 0 spiro atoms. The van der Waals surface area contributed by atoms with Crippen molar-refractivity contribution in [1.29, 1.82) is 0 Å². The van der Waals surface area contributed by atoms with Gasteiger partial charge in [-0.05, 0) is 24.5 Å². The van der Waals surface area contributed by atoms with Crippen LogP contribution in [0, 0.1) is 0 Å². The zero-order valence-electron chi connectivity index (χ0n) is 9.45. The Balaban J connectivity index is 2.89. The van der Waals surface area contributed by atoms with Gasteiger partial charge in [-0.25, -0.2) is 0 Å². The van der Waals surface area contributed by atoms with Crippen LogP contribution in [0.4, 0.5) is 5.69 Å². The summed E-state index contributed by atoms with van der Waals surface area (Å²) in [5.41, 5.74) is 7.49. The molecule has 15 heavy (non-hydrogen) atoms. The van der Waals surface area contributed by atoms with E-state index >= 15 is 0 Å². The van der Waals surface area contributed by atoms with Gasteiger partial charge in [0.25, 0.3) is 0 Å². The Labute approximate surface area is 90.7 Å². The van der Waals surface area contributed by atoms with Gasteiger partial charge in [-0.1, -0.05) is 32.0 Å². The van der Waals surface area contributed by atoms with E-state index in [2.05, 4.69) is 19.2 Å². The van der Waals surface area contributed by atoms with Crippen molar-refractivity contribution < 1.29 is 4.79 Å². The molecule has 3 heteroatoms. The fourth-order valence-corrected chi connectivity index (χ4v) is 1.36. The molecule has 0 heterocycles. The van der Waals surface area contributed by atoms with E-state index in [-0.39, 0.29) is 5.91 Å². The Morgan fingerprint density at radius 3 is 2.40 bits per heavy atom. The third-order valence-corrected chi connectivity index (χ3v) is 2.25. The van der Waals surface area contributed by atoms with Crippen LogP contribution >= 0.6 is 0 Å². The summed E-state index contributed by atoms with van der Waals surface area (Å²) in [4.78, 5) is 11.5. The van der Waals surface area contributed by atoms with E-state index in [0.29, 0.717) is 5.92 Å². The second kappa shape index (κ2) is 4.94. The second-order valence-corrected chi connectivity index (χ2v) is 4.02. The second-order valence-electron chi connectivity index (χ2n) is 4.02. The third-order valence-electron chi connectivity index (χ3n) is 2.25. The number of carbonyl (C=O) groups is 1. The molecule has 1 amide bonds. The zero-order valence-corrected chi connectivity index (χ0v) is 9.45. The minimum absolute atomic E-state index is 0.150. The van der Waals surface area contributed by atoms with Crippen molar-refractivity contribution in [2.75, 3.05) is 5.32 Å². The summed E-state index contributed by atoms with van der Waals surface area (Å²) in [7, 11) is 0. The van der Waals surface area contributed by atoms with Gasteiger partial charge in [0.1, 0.15) is 0 Å². The number of anilines is 1. The molecule has 0 aromatic heterocycles. The average molecular weight is 206 g/mol. The SMILES string of the molecule is CC(C)c1ccccc1NC(=O)[C@@H](C)N. The third kappa shape index (κ3) is 3.06. The Bertz CT molecular complexity index is 345. The summed E-state index contributed by atoms with van der Waals surface area (Å²) < 4.78 is 0. The molecule has 0 saturated carbocycles. The molecule has 1 aromatic rings. The van der Waals surface area contributed by atoms with E-state index in [9.17, 15) is 4.79 Å². The predicted octanol–water partition coefficient (Wildman–Crippen LogP) is 2.10. The number of nitrogens with one attached hydrogen (secondary N) is 1. The summed E-state index contributed by atoms with van der Waals surface area (Å²) in [5, 5.41) is 2.83. The highest BCUT2D eigenvalue weighted by atomic mass is 16.2. The van der Waals surface area contributed by atoms with Crippen LogP contribution in [0.5, 0.6) is 0 Å². The highest BCUT2D eigenvalue weighted by Crippen LogP contribution is 2.23. The molecule has 0 unspecified atom stereocenters. The fourth-order valence-electron chi connectivity index (χ4n) is 1.36. The van der Waals surface area contributed by atoms with E-state index in [1.54, 1.807) is 6.92 Å². The molecule has 1 aromatic carbocycles. The minimum Gasteiger partial charge on any atom is -0.324 e. The fraction of sp³-hybridized carbons (Fsp3) is 0.417. The standard InChI is InChI=1S/C12H18N2O/c1-8(2)10-6-4-5-7-11(10)14-12(15)9(3)13/h4-9H,13H2,1-3H3,(H,14,15)/t9-/m1/s1. The van der Waals surface area contributed by atoms with Gasteiger partial charge in [0.15, 0.2) is 0 Å². The van der Waals surface area contributed by atoms with Crippen LogP contribution in [-0.4, -0.2) is 11.9 Å². The van der Waals surface area contributed by atoms with Gasteiger partial charge < -0.3 is 11.1 Å². The average Bonchev–Trinajstić information content (AvgIpc) is 2.18. The van der Waals surface area contributed by atoms with Gasteiger partial charge in [-0.2, -0.15) is 0 Å². The van der Waals surface area contributed by atoms with Crippen molar-refractivity contribution in [1.82, 2.24) is 0 Å². The Kier molecular flexibility index (Phi) is 3.86. The predicted molar refractivity (Wildman–Crippen MR) is 62.8 cm³/mol. The van der Waals surface area contributed by atoms with Gasteiger partial charge in [0.2, 0.25) is 5.91 Å². The van der Waals surface area contributed by atoms with E-state index in [1.165, 1.54) is 0 Å². The topological polar surface area (TPSA) is 55.1 Å². The number of nitrogens with two attached hydrogens (primary N) is 1. The van der Waals surface area contributed by atoms with Crippen LogP contribution in [0.25, 0.3) is 0 Å². The molecule has 0 aliphatic carbocycles. The molecule has 0 aliphatic heterocycles. The highest BCUT2D eigenvalue weighted by molar-refractivity contribution is 5.95. The molecule has 1 rings (SSSR count). The molecular formula is C12H18N2O. The maximum atomic E-state index is 11.5. The van der Waals surface area contributed by atoms with Gasteiger partial charge >= 0.3 is 0 Å². The molecule has 1 atom stereocenters. The van der Waals surface area contributed by atoms with Crippen molar-refractivity contribution in [2.24, 2.45) is 5.73 Å². The lowest BCUT2D eigenvalue weighted by molar-refractivity contribution is -0.117. The summed E-state index contributed by atoms with van der Waals surface area (Å²) in [6, 6.07) is 7.31. The van der Waals surface area contributed by atoms with Crippen LogP contribution in [-0.2, 0) is 4.79 Å². The number of para-hydroxylation sites is 1. The largest absolute Gasteiger partial charge is 0.324 e. The van der Waals surface area contributed by atoms with Crippen molar-refractivity contribution in [3.05, 3.63) is 29.8 Å². The van der Waals surface area contributed by atoms with Crippen molar-refractivity contribution >= 4 is 11.6 Å². The summed E-state index contributed by atoms with van der Waals surface area (Å²) >= 11 is 0. The summed E-state index contributed by atoms with van der Waals surface area (Å²) in [6.45, 7) is 5.86. The van der Waals surface area contributed by atoms with E-state index in [0.717, 1.165) is 11.3 Å². The van der Waals surface area contributed by atoms with Gasteiger partial charge in [-0.3, -0.25) is 4.79 Å². The van der Waals surface area contributed by atoms with Crippen LogP contribution in [0.15, 0.2) is 24.3 Å². The van der Waals surface area contributed by atoms with Crippen molar-refractivity contribution in [3.63, 3.8) is 0 Å². The van der Waals surface area contributed by atoms with Gasteiger partial charge in [-0.15, -0.1) is 0 Å². The Morgan fingerprint density at radius 1 is 1.27 bits per heavy atom. The van der Waals surface area contributed by atoms with Crippen molar-refractivity contribution in [3.8, 4) is 0 Å². The van der Waals surface area contributed by atoms with Gasteiger partial charge in [0, 0.05) is 5.69 Å². The van der Waals surface area contributed by atoms with Crippen molar-refractivity contribution in [2.45, 2.75) is 32.7 Å². The Hall–Kier alpha value is -1.35. The number of rotatable bonds is 3. The number of hydrogen-bond acceptors (Lipinski definition) is 2. The summed E-state index contributed by atoms with van der Waals surface area (Å²) in [5.74, 6) is 0.234. The molecule has 82 valence electrons. The zero-order chi connectivity index (χ0) is 11.4. The lowest BCUT2D eigenvalue weighted by Gasteiger charge is -2.14. The minimum atomic E-state index is -0.481. The first-order valence-corrected chi connectivity index (χ1v) is 5.17. The quantitative estimate of drug-likeness (QED) is 0.795. The maximum absolute atomic E-state index is 11.5. The molecule has 0 bridgehead atoms. The molecule has 0 aliphatic rings. The normalized spacial score (nSPS) is 12.6. The first-order chi connectivity index (χ1) is 7.02. The van der Waals surface area contributed by atoms with Crippen LogP contribution in [0.2, 0.25) is 0 Å². The first-order valence-electron chi connectivity index (χ1n) is 5.17. The molecule has 3 N–H and O–H groups in total. The molecule has 0 saturated heterocycles. The van der Waals surface area contributed by atoms with E-state index in [1.807, 2.05) is 24.3 Å². The monoisotopic (exact) mass is 206 g/mol. The van der Waals surface area contributed by atoms with Gasteiger partial charge in [0.05, 0.1) is 6.04 Å². The number of amides is 1. The lowest BCUT2D eigenvalue weighted by Crippen LogP contribution is -2.32. The van der Waals surface area contributed by atoms with Crippen LogP contribution in [0.1, 0.15) is 32.3 Å². The smallest absolute Gasteiger partial charge is 0.241 e. The van der Waals surface area contributed by atoms with Crippen LogP contribution in [0.3, 0.4) is 0 Å². The molecule has 3 nitrogen and oxygen atoms in total. The lowest BCUT2D eigenvalue weighted by atomic mass is 10.0. The molecule has 0 radical (unpaired) electrons. The molecule has 0 fully saturated rings. The molecular weight excluding hydrogens is 188 g/mol. The van der Waals surface area contributed by atoms with Crippen LogP contribution < -0.4 is 11.1 Å². The first kappa shape index (κ1) is 11.7.